The minimum absolute atomic E-state index is 0.175. The van der Waals surface area contributed by atoms with Crippen LogP contribution < -0.4 is 0 Å². The molecule has 1 fully saturated rings. The standard InChI is InChI=1S/C8H10OS/c9-8(6-1-2-6)7-3-4-10-5-7/h3-6,8-9H,1-2H2. The number of aliphatic hydroxyl groups is 1. The molecule has 1 unspecified atom stereocenters. The van der Waals surface area contributed by atoms with E-state index in [1.807, 2.05) is 16.8 Å². The first-order chi connectivity index (χ1) is 4.88. The fourth-order valence-electron chi connectivity index (χ4n) is 1.13. The van der Waals surface area contributed by atoms with Crippen molar-refractivity contribution in [1.29, 1.82) is 0 Å². The molecule has 1 saturated carbocycles. The van der Waals surface area contributed by atoms with Crippen LogP contribution in [0.2, 0.25) is 0 Å². The molecule has 1 aliphatic rings. The molecule has 0 aromatic carbocycles. The van der Waals surface area contributed by atoms with E-state index in [4.69, 9.17) is 0 Å². The molecule has 1 aliphatic carbocycles. The van der Waals surface area contributed by atoms with Gasteiger partial charge >= 0.3 is 0 Å². The second-order valence-electron chi connectivity index (χ2n) is 2.84. The molecule has 0 bridgehead atoms. The van der Waals surface area contributed by atoms with Gasteiger partial charge in [-0.1, -0.05) is 0 Å². The Hall–Kier alpha value is -0.340. The molecule has 1 atom stereocenters. The van der Waals surface area contributed by atoms with Gasteiger partial charge in [0, 0.05) is 0 Å². The highest BCUT2D eigenvalue weighted by Gasteiger charge is 2.30. The van der Waals surface area contributed by atoms with Crippen LogP contribution in [0.15, 0.2) is 16.8 Å². The molecule has 0 aliphatic heterocycles. The molecule has 0 radical (unpaired) electrons. The van der Waals surface area contributed by atoms with Gasteiger partial charge in [0.1, 0.15) is 0 Å². The Labute approximate surface area is 64.3 Å². The summed E-state index contributed by atoms with van der Waals surface area (Å²) in [7, 11) is 0. The lowest BCUT2D eigenvalue weighted by Gasteiger charge is -2.04. The molecule has 54 valence electrons. The van der Waals surface area contributed by atoms with E-state index >= 15 is 0 Å². The van der Waals surface area contributed by atoms with Crippen molar-refractivity contribution >= 4 is 11.3 Å². The van der Waals surface area contributed by atoms with E-state index in [0.29, 0.717) is 5.92 Å². The topological polar surface area (TPSA) is 20.2 Å². The van der Waals surface area contributed by atoms with E-state index in [1.165, 1.54) is 12.8 Å². The zero-order chi connectivity index (χ0) is 6.97. The van der Waals surface area contributed by atoms with Crippen molar-refractivity contribution in [3.8, 4) is 0 Å². The molecule has 0 amide bonds. The highest BCUT2D eigenvalue weighted by molar-refractivity contribution is 7.07. The van der Waals surface area contributed by atoms with Gasteiger partial charge in [-0.15, -0.1) is 0 Å². The maximum atomic E-state index is 9.56. The fraction of sp³-hybridized carbons (Fsp3) is 0.500. The Kier molecular flexibility index (Phi) is 1.51. The summed E-state index contributed by atoms with van der Waals surface area (Å²) in [6.07, 6.45) is 2.24. The maximum absolute atomic E-state index is 9.56. The first-order valence-electron chi connectivity index (χ1n) is 3.58. The van der Waals surface area contributed by atoms with Gasteiger partial charge in [-0.3, -0.25) is 0 Å². The van der Waals surface area contributed by atoms with E-state index in [9.17, 15) is 5.11 Å². The summed E-state index contributed by atoms with van der Waals surface area (Å²) in [5.74, 6) is 0.564. The normalized spacial score (nSPS) is 20.9. The predicted octanol–water partition coefficient (Wildman–Crippen LogP) is 2.19. The Balaban J connectivity index is 2.11. The summed E-state index contributed by atoms with van der Waals surface area (Å²) in [6, 6.07) is 2.01. The van der Waals surface area contributed by atoms with Crippen LogP contribution in [0.5, 0.6) is 0 Å². The smallest absolute Gasteiger partial charge is 0.0826 e. The summed E-state index contributed by atoms with van der Waals surface area (Å²) in [5.41, 5.74) is 1.10. The summed E-state index contributed by atoms with van der Waals surface area (Å²) in [5, 5.41) is 13.6. The van der Waals surface area contributed by atoms with Gasteiger partial charge in [0.2, 0.25) is 0 Å². The Morgan fingerprint density at radius 2 is 2.40 bits per heavy atom. The van der Waals surface area contributed by atoms with Crippen LogP contribution in [0.3, 0.4) is 0 Å². The molecule has 0 saturated heterocycles. The average molecular weight is 154 g/mol. The van der Waals surface area contributed by atoms with Crippen LogP contribution in [0.25, 0.3) is 0 Å². The molecular weight excluding hydrogens is 144 g/mol. The van der Waals surface area contributed by atoms with Crippen molar-refractivity contribution in [3.63, 3.8) is 0 Å². The van der Waals surface area contributed by atoms with Crippen LogP contribution in [0.1, 0.15) is 24.5 Å². The first-order valence-corrected chi connectivity index (χ1v) is 4.52. The van der Waals surface area contributed by atoms with E-state index in [-0.39, 0.29) is 6.10 Å². The average Bonchev–Trinajstić information content (AvgIpc) is 2.65. The Morgan fingerprint density at radius 1 is 1.60 bits per heavy atom. The van der Waals surface area contributed by atoms with Gasteiger partial charge in [-0.25, -0.2) is 0 Å². The minimum Gasteiger partial charge on any atom is -0.388 e. The van der Waals surface area contributed by atoms with Crippen molar-refractivity contribution in [2.45, 2.75) is 18.9 Å². The molecule has 1 heterocycles. The number of hydrogen-bond donors (Lipinski definition) is 1. The van der Waals surface area contributed by atoms with Crippen molar-refractivity contribution in [2.24, 2.45) is 5.92 Å². The van der Waals surface area contributed by atoms with Gasteiger partial charge in [0.05, 0.1) is 6.10 Å². The lowest BCUT2D eigenvalue weighted by Crippen LogP contribution is -1.96. The third-order valence-corrected chi connectivity index (χ3v) is 2.65. The zero-order valence-corrected chi connectivity index (χ0v) is 6.47. The van der Waals surface area contributed by atoms with E-state index in [0.717, 1.165) is 5.56 Å². The van der Waals surface area contributed by atoms with Crippen LogP contribution in [-0.4, -0.2) is 5.11 Å². The Morgan fingerprint density at radius 3 is 2.90 bits per heavy atom. The molecule has 0 spiro atoms. The van der Waals surface area contributed by atoms with Gasteiger partial charge in [0.15, 0.2) is 0 Å². The zero-order valence-electron chi connectivity index (χ0n) is 5.66. The molecule has 1 N–H and O–H groups in total. The maximum Gasteiger partial charge on any atom is 0.0826 e. The number of hydrogen-bond acceptors (Lipinski definition) is 2. The minimum atomic E-state index is -0.175. The van der Waals surface area contributed by atoms with Crippen LogP contribution in [0, 0.1) is 5.92 Å². The summed E-state index contributed by atoms with van der Waals surface area (Å²) >= 11 is 1.65. The first kappa shape index (κ1) is 6.38. The second kappa shape index (κ2) is 2.36. The SMILES string of the molecule is OC(c1ccsc1)C1CC1. The number of thiophene rings is 1. The van der Waals surface area contributed by atoms with E-state index in [1.54, 1.807) is 11.3 Å². The fourth-order valence-corrected chi connectivity index (χ4v) is 1.82. The summed E-state index contributed by atoms with van der Waals surface area (Å²) in [6.45, 7) is 0. The lowest BCUT2D eigenvalue weighted by atomic mass is 10.1. The summed E-state index contributed by atoms with van der Waals surface area (Å²) in [4.78, 5) is 0. The van der Waals surface area contributed by atoms with Gasteiger partial charge in [-0.2, -0.15) is 11.3 Å². The summed E-state index contributed by atoms with van der Waals surface area (Å²) < 4.78 is 0. The quantitative estimate of drug-likeness (QED) is 0.692. The van der Waals surface area contributed by atoms with E-state index in [2.05, 4.69) is 0 Å². The molecular formula is C8H10OS. The highest BCUT2D eigenvalue weighted by Crippen LogP contribution is 2.41. The third kappa shape index (κ3) is 1.09. The molecule has 10 heavy (non-hydrogen) atoms. The highest BCUT2D eigenvalue weighted by atomic mass is 32.1. The van der Waals surface area contributed by atoms with Crippen molar-refractivity contribution < 1.29 is 5.11 Å². The molecule has 2 heteroatoms. The van der Waals surface area contributed by atoms with Gasteiger partial charge in [0.25, 0.3) is 0 Å². The second-order valence-corrected chi connectivity index (χ2v) is 3.62. The van der Waals surface area contributed by atoms with Crippen molar-refractivity contribution in [3.05, 3.63) is 22.4 Å². The van der Waals surface area contributed by atoms with Crippen LogP contribution >= 0.6 is 11.3 Å². The number of rotatable bonds is 2. The lowest BCUT2D eigenvalue weighted by molar-refractivity contribution is 0.154. The largest absolute Gasteiger partial charge is 0.388 e. The molecule has 1 nitrogen and oxygen atoms in total. The van der Waals surface area contributed by atoms with Crippen LogP contribution in [-0.2, 0) is 0 Å². The molecule has 1 aromatic rings. The monoisotopic (exact) mass is 154 g/mol. The number of aliphatic hydroxyl groups excluding tert-OH is 1. The third-order valence-electron chi connectivity index (χ3n) is 1.95. The van der Waals surface area contributed by atoms with Crippen LogP contribution in [0.4, 0.5) is 0 Å². The van der Waals surface area contributed by atoms with Gasteiger partial charge in [-0.05, 0) is 41.1 Å². The molecule has 1 aromatic heterocycles. The predicted molar refractivity (Wildman–Crippen MR) is 42.0 cm³/mol. The van der Waals surface area contributed by atoms with Crippen molar-refractivity contribution in [1.82, 2.24) is 0 Å². The molecule has 2 rings (SSSR count). The van der Waals surface area contributed by atoms with E-state index < -0.39 is 0 Å². The van der Waals surface area contributed by atoms with Crippen molar-refractivity contribution in [2.75, 3.05) is 0 Å². The van der Waals surface area contributed by atoms with Gasteiger partial charge < -0.3 is 5.11 Å². The Bertz CT molecular complexity index is 201.